The second-order valence-corrected chi connectivity index (χ2v) is 7.13. The molecule has 1 aliphatic heterocycles. The van der Waals surface area contributed by atoms with Gasteiger partial charge in [-0.05, 0) is 43.4 Å². The molecule has 132 valence electrons. The molecule has 2 amide bonds. The van der Waals surface area contributed by atoms with E-state index in [1.807, 2.05) is 0 Å². The predicted octanol–water partition coefficient (Wildman–Crippen LogP) is 3.12. The van der Waals surface area contributed by atoms with Gasteiger partial charge >= 0.3 is 6.18 Å². The summed E-state index contributed by atoms with van der Waals surface area (Å²) in [5, 5.41) is 0. The van der Waals surface area contributed by atoms with Gasteiger partial charge < -0.3 is 0 Å². The van der Waals surface area contributed by atoms with Crippen LogP contribution in [0.2, 0.25) is 0 Å². The Kier molecular flexibility index (Phi) is 3.36. The first-order valence-electron chi connectivity index (χ1n) is 8.29. The number of fused-ring (bicyclic) bond motifs is 2. The Balaban J connectivity index is 1.79. The molecule has 25 heavy (non-hydrogen) atoms. The van der Waals surface area contributed by atoms with Crippen molar-refractivity contribution in [1.82, 2.24) is 0 Å². The van der Waals surface area contributed by atoms with Crippen molar-refractivity contribution in [1.29, 1.82) is 0 Å². The number of imide groups is 1. The fraction of sp³-hybridized carbons (Fsp3) is 0.500. The lowest BCUT2D eigenvalue weighted by molar-refractivity contribution is -0.143. The number of ketones is 1. The standard InChI is InChI=1S/C18H16F3NO3/c1-8-11(18(19,20)21)3-2-4-12(8)22-16(24)14-9-5-6-10(13(23)7-9)15(14)17(22)25/h2-4,9-10,14-15H,5-7H2,1H3/t9-,10+,14+,15-/m1/s1. The first kappa shape index (κ1) is 16.3. The molecular weight excluding hydrogens is 335 g/mol. The number of hydrogen-bond donors (Lipinski definition) is 0. The van der Waals surface area contributed by atoms with E-state index in [0.717, 1.165) is 11.0 Å². The van der Waals surface area contributed by atoms with E-state index in [2.05, 4.69) is 0 Å². The van der Waals surface area contributed by atoms with Crippen LogP contribution < -0.4 is 4.90 Å². The summed E-state index contributed by atoms with van der Waals surface area (Å²) >= 11 is 0. The maximum Gasteiger partial charge on any atom is 0.416 e. The van der Waals surface area contributed by atoms with Crippen molar-refractivity contribution in [3.63, 3.8) is 0 Å². The minimum atomic E-state index is -4.56. The second kappa shape index (κ2) is 5.16. The van der Waals surface area contributed by atoms with Crippen molar-refractivity contribution in [3.05, 3.63) is 29.3 Å². The molecule has 1 heterocycles. The van der Waals surface area contributed by atoms with Gasteiger partial charge in [-0.25, -0.2) is 4.90 Å². The zero-order chi connectivity index (χ0) is 18.1. The van der Waals surface area contributed by atoms with Crippen LogP contribution in [-0.4, -0.2) is 17.6 Å². The number of Topliss-reactive ketones (excluding diaryl/α,β-unsaturated/α-hetero) is 1. The second-order valence-electron chi connectivity index (χ2n) is 7.13. The summed E-state index contributed by atoms with van der Waals surface area (Å²) in [6.07, 6.45) is -2.97. The molecular formula is C18H16F3NO3. The number of hydrogen-bond acceptors (Lipinski definition) is 3. The molecule has 5 rings (SSSR count). The van der Waals surface area contributed by atoms with Crippen LogP contribution in [0.15, 0.2) is 18.2 Å². The van der Waals surface area contributed by atoms with E-state index in [1.165, 1.54) is 19.1 Å². The van der Waals surface area contributed by atoms with Gasteiger partial charge in [-0.15, -0.1) is 0 Å². The quantitative estimate of drug-likeness (QED) is 0.731. The van der Waals surface area contributed by atoms with E-state index in [-0.39, 0.29) is 23.0 Å². The van der Waals surface area contributed by atoms with Gasteiger partial charge in [-0.3, -0.25) is 14.4 Å². The molecule has 3 aliphatic carbocycles. The van der Waals surface area contributed by atoms with E-state index < -0.39 is 41.3 Å². The Labute approximate surface area is 142 Å². The number of carbonyl (C=O) groups excluding carboxylic acids is 3. The number of anilines is 1. The largest absolute Gasteiger partial charge is 0.416 e. The van der Waals surface area contributed by atoms with Gasteiger partial charge in [0.05, 0.1) is 23.1 Å². The van der Waals surface area contributed by atoms with Crippen molar-refractivity contribution >= 4 is 23.3 Å². The number of amides is 2. The number of benzene rings is 1. The van der Waals surface area contributed by atoms with Crippen molar-refractivity contribution in [3.8, 4) is 0 Å². The fourth-order valence-corrected chi connectivity index (χ4v) is 4.79. The third-order valence-corrected chi connectivity index (χ3v) is 5.92. The zero-order valence-electron chi connectivity index (χ0n) is 13.5. The van der Waals surface area contributed by atoms with Crippen molar-refractivity contribution in [2.24, 2.45) is 23.7 Å². The molecule has 2 bridgehead atoms. The molecule has 1 aromatic carbocycles. The monoisotopic (exact) mass is 351 g/mol. The van der Waals surface area contributed by atoms with Gasteiger partial charge in [-0.2, -0.15) is 13.2 Å². The van der Waals surface area contributed by atoms with Crippen LogP contribution in [0.25, 0.3) is 0 Å². The van der Waals surface area contributed by atoms with Crippen LogP contribution in [0.1, 0.15) is 30.4 Å². The Morgan fingerprint density at radius 3 is 2.36 bits per heavy atom. The SMILES string of the molecule is Cc1c(N2C(=O)[C@H]3[C@@H]4CC[C@@H](C(=O)C4)[C@H]3C2=O)cccc1C(F)(F)F. The molecule has 1 aromatic rings. The van der Waals surface area contributed by atoms with Crippen LogP contribution in [-0.2, 0) is 20.6 Å². The fourth-order valence-electron chi connectivity index (χ4n) is 4.79. The summed E-state index contributed by atoms with van der Waals surface area (Å²) in [6.45, 7) is 1.26. The average Bonchev–Trinajstić information content (AvgIpc) is 2.80. The van der Waals surface area contributed by atoms with Crippen molar-refractivity contribution < 1.29 is 27.6 Å². The van der Waals surface area contributed by atoms with Crippen LogP contribution in [0.4, 0.5) is 18.9 Å². The number of carbonyl (C=O) groups is 3. The number of rotatable bonds is 1. The normalized spacial score (nSPS) is 31.7. The molecule has 4 nitrogen and oxygen atoms in total. The molecule has 0 spiro atoms. The third-order valence-electron chi connectivity index (χ3n) is 5.92. The van der Waals surface area contributed by atoms with Crippen LogP contribution >= 0.6 is 0 Å². The molecule has 0 unspecified atom stereocenters. The topological polar surface area (TPSA) is 54.5 Å². The van der Waals surface area contributed by atoms with Gasteiger partial charge in [0.25, 0.3) is 0 Å². The summed E-state index contributed by atoms with van der Waals surface area (Å²) in [7, 11) is 0. The molecule has 0 radical (unpaired) electrons. The van der Waals surface area contributed by atoms with Crippen molar-refractivity contribution in [2.75, 3.05) is 4.90 Å². The Morgan fingerprint density at radius 1 is 1.04 bits per heavy atom. The van der Waals surface area contributed by atoms with Gasteiger partial charge in [0.2, 0.25) is 11.8 Å². The van der Waals surface area contributed by atoms with Crippen LogP contribution in [0.5, 0.6) is 0 Å². The first-order valence-corrected chi connectivity index (χ1v) is 8.29. The van der Waals surface area contributed by atoms with E-state index >= 15 is 0 Å². The van der Waals surface area contributed by atoms with E-state index in [1.54, 1.807) is 0 Å². The van der Waals surface area contributed by atoms with Crippen LogP contribution in [0, 0.1) is 30.6 Å². The summed E-state index contributed by atoms with van der Waals surface area (Å²) < 4.78 is 39.5. The van der Waals surface area contributed by atoms with Crippen molar-refractivity contribution in [2.45, 2.75) is 32.4 Å². The Hall–Kier alpha value is -2.18. The maximum atomic E-state index is 13.2. The third kappa shape index (κ3) is 2.17. The minimum Gasteiger partial charge on any atom is -0.299 e. The summed E-state index contributed by atoms with van der Waals surface area (Å²) in [5.41, 5.74) is -1.03. The smallest absolute Gasteiger partial charge is 0.299 e. The zero-order valence-corrected chi connectivity index (χ0v) is 13.5. The molecule has 0 aromatic heterocycles. The molecule has 3 saturated carbocycles. The molecule has 4 aliphatic rings. The molecule has 1 saturated heterocycles. The molecule has 4 fully saturated rings. The van der Waals surface area contributed by atoms with Gasteiger partial charge in [0.15, 0.2) is 0 Å². The number of halogens is 3. The molecule has 0 N–H and O–H groups in total. The predicted molar refractivity (Wildman–Crippen MR) is 81.5 cm³/mol. The van der Waals surface area contributed by atoms with E-state index in [4.69, 9.17) is 0 Å². The van der Waals surface area contributed by atoms with E-state index in [0.29, 0.717) is 19.3 Å². The van der Waals surface area contributed by atoms with E-state index in [9.17, 15) is 27.6 Å². The van der Waals surface area contributed by atoms with Gasteiger partial charge in [-0.1, -0.05) is 6.07 Å². The maximum absolute atomic E-state index is 13.2. The first-order chi connectivity index (χ1) is 11.7. The summed E-state index contributed by atoms with van der Waals surface area (Å²) in [6, 6.07) is 3.50. The lowest BCUT2D eigenvalue weighted by atomic mass is 9.59. The lowest BCUT2D eigenvalue weighted by Crippen LogP contribution is -2.46. The average molecular weight is 351 g/mol. The Morgan fingerprint density at radius 2 is 1.72 bits per heavy atom. The Bertz CT molecular complexity index is 801. The van der Waals surface area contributed by atoms with Gasteiger partial charge in [0, 0.05) is 12.3 Å². The van der Waals surface area contributed by atoms with Crippen LogP contribution in [0.3, 0.4) is 0 Å². The summed E-state index contributed by atoms with van der Waals surface area (Å²) in [4.78, 5) is 38.8. The lowest BCUT2D eigenvalue weighted by Gasteiger charge is -2.41. The number of alkyl halides is 3. The molecule has 7 heteroatoms. The minimum absolute atomic E-state index is 0.00117. The highest BCUT2D eigenvalue weighted by Crippen LogP contribution is 2.52. The highest BCUT2D eigenvalue weighted by Gasteiger charge is 2.61. The highest BCUT2D eigenvalue weighted by molar-refractivity contribution is 6.24. The summed E-state index contributed by atoms with van der Waals surface area (Å²) in [5.74, 6) is -2.90. The highest BCUT2D eigenvalue weighted by atomic mass is 19.4. The molecule has 4 atom stereocenters. The number of nitrogens with zero attached hydrogens (tertiary/aromatic N) is 1. The van der Waals surface area contributed by atoms with Gasteiger partial charge in [0.1, 0.15) is 5.78 Å².